The van der Waals surface area contributed by atoms with E-state index < -0.39 is 0 Å². The van der Waals surface area contributed by atoms with Crippen LogP contribution in [0.25, 0.3) is 0 Å². The number of hydrogen-bond acceptors (Lipinski definition) is 2. The van der Waals surface area contributed by atoms with Gasteiger partial charge in [0, 0.05) is 18.9 Å². The van der Waals surface area contributed by atoms with Crippen LogP contribution in [0, 0.1) is 11.7 Å². The Bertz CT molecular complexity index is 474. The van der Waals surface area contributed by atoms with Crippen molar-refractivity contribution in [2.75, 3.05) is 6.54 Å². The Balaban J connectivity index is 1.77. The monoisotopic (exact) mass is 293 g/mol. The maximum atomic E-state index is 12.9. The Morgan fingerprint density at radius 2 is 2.05 bits per heavy atom. The predicted molar refractivity (Wildman–Crippen MR) is 80.6 cm³/mol. The van der Waals surface area contributed by atoms with Crippen LogP contribution in [0.2, 0.25) is 0 Å². The van der Waals surface area contributed by atoms with Gasteiger partial charge in [-0.1, -0.05) is 19.1 Å². The normalized spacial score (nSPS) is 26.6. The van der Waals surface area contributed by atoms with Crippen LogP contribution < -0.4 is 5.32 Å². The summed E-state index contributed by atoms with van der Waals surface area (Å²) in [6.45, 7) is 6.77. The van der Waals surface area contributed by atoms with Crippen molar-refractivity contribution in [3.8, 4) is 0 Å². The highest BCUT2D eigenvalue weighted by atomic mass is 19.1. The zero-order chi connectivity index (χ0) is 15.4. The summed E-state index contributed by atoms with van der Waals surface area (Å²) in [5.41, 5.74) is 0.984. The van der Waals surface area contributed by atoms with Gasteiger partial charge in [-0.3, -0.25) is 4.79 Å². The second-order valence-electron chi connectivity index (χ2n) is 6.11. The van der Waals surface area contributed by atoms with E-state index in [1.807, 2.05) is 6.92 Å². The lowest BCUT2D eigenvalue weighted by Gasteiger charge is -2.16. The third-order valence-corrected chi connectivity index (χ3v) is 4.24. The topological polar surface area (TPSA) is 38.3 Å². The van der Waals surface area contributed by atoms with Crippen molar-refractivity contribution < 1.29 is 13.9 Å². The molecular formula is C17H24FNO2. The minimum absolute atomic E-state index is 0.0404. The molecule has 1 N–H and O–H groups in total. The fraction of sp³-hybridized carbons (Fsp3) is 0.588. The van der Waals surface area contributed by atoms with E-state index in [0.717, 1.165) is 12.0 Å². The van der Waals surface area contributed by atoms with Crippen molar-refractivity contribution in [1.82, 2.24) is 5.32 Å². The molecule has 0 radical (unpaired) electrons. The molecule has 4 atom stereocenters. The van der Waals surface area contributed by atoms with E-state index in [2.05, 4.69) is 19.2 Å². The number of amides is 1. The molecule has 1 saturated heterocycles. The first-order valence-corrected chi connectivity index (χ1v) is 7.63. The van der Waals surface area contributed by atoms with Crippen LogP contribution in [0.3, 0.4) is 0 Å². The van der Waals surface area contributed by atoms with Gasteiger partial charge < -0.3 is 10.1 Å². The summed E-state index contributed by atoms with van der Waals surface area (Å²) < 4.78 is 18.6. The molecule has 21 heavy (non-hydrogen) atoms. The van der Waals surface area contributed by atoms with Crippen molar-refractivity contribution in [2.24, 2.45) is 5.92 Å². The summed E-state index contributed by atoms with van der Waals surface area (Å²) in [5, 5.41) is 2.99. The van der Waals surface area contributed by atoms with Crippen LogP contribution in [-0.4, -0.2) is 24.7 Å². The molecule has 0 aliphatic carbocycles. The van der Waals surface area contributed by atoms with Gasteiger partial charge in [-0.15, -0.1) is 0 Å². The molecule has 1 aromatic carbocycles. The van der Waals surface area contributed by atoms with Gasteiger partial charge in [0.25, 0.3) is 0 Å². The maximum Gasteiger partial charge on any atom is 0.220 e. The van der Waals surface area contributed by atoms with E-state index >= 15 is 0 Å². The van der Waals surface area contributed by atoms with Gasteiger partial charge >= 0.3 is 0 Å². The van der Waals surface area contributed by atoms with Crippen molar-refractivity contribution in [3.05, 3.63) is 35.6 Å². The van der Waals surface area contributed by atoms with E-state index in [-0.39, 0.29) is 29.9 Å². The van der Waals surface area contributed by atoms with E-state index in [1.165, 1.54) is 12.1 Å². The van der Waals surface area contributed by atoms with E-state index in [9.17, 15) is 9.18 Å². The Kier molecular flexibility index (Phi) is 5.34. The smallest absolute Gasteiger partial charge is 0.220 e. The third-order valence-electron chi connectivity index (χ3n) is 4.24. The highest BCUT2D eigenvalue weighted by Gasteiger charge is 2.29. The summed E-state index contributed by atoms with van der Waals surface area (Å²) in [5.74, 6) is 0.269. The van der Waals surface area contributed by atoms with Crippen molar-refractivity contribution in [2.45, 2.75) is 51.7 Å². The zero-order valence-corrected chi connectivity index (χ0v) is 12.9. The van der Waals surface area contributed by atoms with Crippen LogP contribution in [-0.2, 0) is 9.53 Å². The molecule has 1 heterocycles. The number of benzene rings is 1. The first-order chi connectivity index (χ1) is 9.95. The highest BCUT2D eigenvalue weighted by molar-refractivity contribution is 5.76. The SMILES string of the molecule is C[C@@H]1C[C@H](CNC(=O)C[C@@H](C)c2ccc(F)cc2)[C@H](C)O1. The Labute approximate surface area is 125 Å². The second-order valence-corrected chi connectivity index (χ2v) is 6.11. The molecule has 1 amide bonds. The fourth-order valence-corrected chi connectivity index (χ4v) is 2.90. The molecule has 0 unspecified atom stereocenters. The molecule has 0 saturated carbocycles. The maximum absolute atomic E-state index is 12.9. The van der Waals surface area contributed by atoms with Gasteiger partial charge in [-0.2, -0.15) is 0 Å². The highest BCUT2D eigenvalue weighted by Crippen LogP contribution is 2.25. The van der Waals surface area contributed by atoms with Crippen LogP contribution in [0.15, 0.2) is 24.3 Å². The van der Waals surface area contributed by atoms with Crippen molar-refractivity contribution >= 4 is 5.91 Å². The Morgan fingerprint density at radius 1 is 1.38 bits per heavy atom. The Hall–Kier alpha value is -1.42. The molecule has 3 nitrogen and oxygen atoms in total. The zero-order valence-electron chi connectivity index (χ0n) is 12.9. The molecule has 0 spiro atoms. The van der Waals surface area contributed by atoms with E-state index in [0.29, 0.717) is 18.9 Å². The average Bonchev–Trinajstić information content (AvgIpc) is 2.75. The summed E-state index contributed by atoms with van der Waals surface area (Å²) in [6, 6.07) is 6.34. The minimum Gasteiger partial charge on any atom is -0.375 e. The van der Waals surface area contributed by atoms with Gasteiger partial charge in [-0.25, -0.2) is 4.39 Å². The van der Waals surface area contributed by atoms with Gasteiger partial charge in [0.1, 0.15) is 5.82 Å². The third kappa shape index (κ3) is 4.53. The lowest BCUT2D eigenvalue weighted by molar-refractivity contribution is -0.121. The molecule has 116 valence electrons. The number of halogens is 1. The standard InChI is InChI=1S/C17H24FNO2/c1-11(14-4-6-16(18)7-5-14)8-17(20)19-10-15-9-12(2)21-13(15)3/h4-7,11-13,15H,8-10H2,1-3H3,(H,19,20)/t11-,12-,13+,15-/m1/s1. The van der Waals surface area contributed by atoms with E-state index in [1.54, 1.807) is 12.1 Å². The molecule has 0 aromatic heterocycles. The summed E-state index contributed by atoms with van der Waals surface area (Å²) in [7, 11) is 0. The predicted octanol–water partition coefficient (Wildman–Crippen LogP) is 3.25. The van der Waals surface area contributed by atoms with Crippen LogP contribution in [0.4, 0.5) is 4.39 Å². The van der Waals surface area contributed by atoms with Crippen molar-refractivity contribution in [1.29, 1.82) is 0 Å². The summed E-state index contributed by atoms with van der Waals surface area (Å²) in [6.07, 6.45) is 1.90. The lowest BCUT2D eigenvalue weighted by Crippen LogP contribution is -2.32. The van der Waals surface area contributed by atoms with Gasteiger partial charge in [0.05, 0.1) is 12.2 Å². The van der Waals surface area contributed by atoms with Crippen LogP contribution >= 0.6 is 0 Å². The molecule has 0 bridgehead atoms. The average molecular weight is 293 g/mol. The van der Waals surface area contributed by atoms with Gasteiger partial charge in [-0.05, 0) is 43.9 Å². The first kappa shape index (κ1) is 16.0. The largest absolute Gasteiger partial charge is 0.375 e. The lowest BCUT2D eigenvalue weighted by atomic mass is 9.97. The van der Waals surface area contributed by atoms with Gasteiger partial charge in [0.15, 0.2) is 0 Å². The molecule has 2 rings (SSSR count). The van der Waals surface area contributed by atoms with E-state index in [4.69, 9.17) is 4.74 Å². The summed E-state index contributed by atoms with van der Waals surface area (Å²) >= 11 is 0. The molecule has 1 aliphatic heterocycles. The van der Waals surface area contributed by atoms with Crippen LogP contribution in [0.5, 0.6) is 0 Å². The fourth-order valence-electron chi connectivity index (χ4n) is 2.90. The molecule has 1 fully saturated rings. The first-order valence-electron chi connectivity index (χ1n) is 7.63. The number of ether oxygens (including phenoxy) is 1. The van der Waals surface area contributed by atoms with Crippen molar-refractivity contribution in [3.63, 3.8) is 0 Å². The number of rotatable bonds is 5. The number of hydrogen-bond donors (Lipinski definition) is 1. The molecular weight excluding hydrogens is 269 g/mol. The molecule has 1 aromatic rings. The second kappa shape index (κ2) is 7.03. The molecule has 4 heteroatoms. The summed E-state index contributed by atoms with van der Waals surface area (Å²) in [4.78, 5) is 12.0. The Morgan fingerprint density at radius 3 is 2.62 bits per heavy atom. The van der Waals surface area contributed by atoms with Crippen LogP contribution in [0.1, 0.15) is 45.1 Å². The number of carbonyl (C=O) groups is 1. The minimum atomic E-state index is -0.250. The number of carbonyl (C=O) groups excluding carboxylic acids is 1. The number of nitrogens with one attached hydrogen (secondary N) is 1. The molecule has 1 aliphatic rings. The quantitative estimate of drug-likeness (QED) is 0.905. The van der Waals surface area contributed by atoms with Gasteiger partial charge in [0.2, 0.25) is 5.91 Å².